The van der Waals surface area contributed by atoms with Crippen molar-refractivity contribution in [2.45, 2.75) is 37.6 Å². The summed E-state index contributed by atoms with van der Waals surface area (Å²) in [5.74, 6) is 0.554. The lowest BCUT2D eigenvalue weighted by Gasteiger charge is -2.15. The monoisotopic (exact) mass is 431 g/mol. The number of rotatable bonds is 6. The summed E-state index contributed by atoms with van der Waals surface area (Å²) in [5, 5.41) is 11.7. The molecule has 0 saturated carbocycles. The quantitative estimate of drug-likeness (QED) is 0.307. The number of hydrogen-bond acceptors (Lipinski definition) is 5. The minimum absolute atomic E-state index is 0.282. The van der Waals surface area contributed by atoms with Gasteiger partial charge in [0.25, 0.3) is 0 Å². The molecule has 0 unspecified atom stereocenters. The number of carbonyl (C=O) groups excluding carboxylic acids is 1. The van der Waals surface area contributed by atoms with E-state index < -0.39 is 0 Å². The molecule has 4 rings (SSSR count). The number of fused-ring (bicyclic) bond motifs is 1. The van der Waals surface area contributed by atoms with Gasteiger partial charge in [-0.3, -0.25) is 9.36 Å². The first-order valence-electron chi connectivity index (χ1n) is 10.2. The van der Waals surface area contributed by atoms with Gasteiger partial charge in [0.2, 0.25) is 0 Å². The topological polar surface area (TPSA) is 57.0 Å². The van der Waals surface area contributed by atoms with Crippen LogP contribution in [0.1, 0.15) is 29.4 Å². The van der Waals surface area contributed by atoms with Gasteiger partial charge in [-0.15, -0.1) is 10.2 Å². The normalized spacial score (nSPS) is 12.1. The summed E-state index contributed by atoms with van der Waals surface area (Å²) in [6, 6.07) is 21.0. The van der Waals surface area contributed by atoms with Gasteiger partial charge >= 0.3 is 5.97 Å². The second-order valence-electron chi connectivity index (χ2n) is 7.62. The molecule has 31 heavy (non-hydrogen) atoms. The predicted octanol–water partition coefficient (Wildman–Crippen LogP) is 5.28. The Hall–Kier alpha value is -3.12. The van der Waals surface area contributed by atoms with E-state index in [4.69, 9.17) is 4.74 Å². The molecule has 0 fully saturated rings. The summed E-state index contributed by atoms with van der Waals surface area (Å²) in [7, 11) is 1.40. The van der Waals surface area contributed by atoms with Gasteiger partial charge in [0.15, 0.2) is 5.16 Å². The minimum Gasteiger partial charge on any atom is -0.468 e. The number of nitrogens with zero attached hydrogens (tertiary/aromatic N) is 3. The molecule has 0 bridgehead atoms. The van der Waals surface area contributed by atoms with Crippen LogP contribution in [0.15, 0.2) is 65.8 Å². The Morgan fingerprint density at radius 1 is 1.06 bits per heavy atom. The van der Waals surface area contributed by atoms with E-state index in [0.717, 1.165) is 17.1 Å². The molecule has 4 aromatic rings. The highest BCUT2D eigenvalue weighted by Gasteiger charge is 2.22. The van der Waals surface area contributed by atoms with Crippen molar-refractivity contribution >= 4 is 28.5 Å². The average molecular weight is 432 g/mol. The number of aromatic nitrogens is 3. The fourth-order valence-corrected chi connectivity index (χ4v) is 4.68. The second-order valence-corrected chi connectivity index (χ2v) is 8.93. The van der Waals surface area contributed by atoms with E-state index in [1.54, 1.807) is 0 Å². The fraction of sp³-hybridized carbons (Fsp3) is 0.240. The zero-order chi connectivity index (χ0) is 22.0. The van der Waals surface area contributed by atoms with E-state index in [2.05, 4.69) is 83.2 Å². The Balaban J connectivity index is 1.81. The molecule has 1 heterocycles. The molecule has 6 heteroatoms. The molecule has 0 aliphatic rings. The highest BCUT2D eigenvalue weighted by molar-refractivity contribution is 8.00. The molecule has 5 nitrogen and oxygen atoms in total. The molecule has 0 aliphatic heterocycles. The fourth-order valence-electron chi connectivity index (χ4n) is 3.78. The molecule has 0 amide bonds. The van der Waals surface area contributed by atoms with Crippen LogP contribution < -0.4 is 0 Å². The summed E-state index contributed by atoms with van der Waals surface area (Å²) in [6.07, 6.45) is 0.634. The van der Waals surface area contributed by atoms with Crippen molar-refractivity contribution in [3.63, 3.8) is 0 Å². The summed E-state index contributed by atoms with van der Waals surface area (Å²) in [4.78, 5) is 12.0. The Kier molecular flexibility index (Phi) is 6.09. The third kappa shape index (κ3) is 4.35. The van der Waals surface area contributed by atoms with Crippen LogP contribution in [0.3, 0.4) is 0 Å². The molecule has 3 aromatic carbocycles. The van der Waals surface area contributed by atoms with E-state index >= 15 is 0 Å². The van der Waals surface area contributed by atoms with Crippen LogP contribution in [-0.2, 0) is 16.0 Å². The highest BCUT2D eigenvalue weighted by atomic mass is 32.2. The van der Waals surface area contributed by atoms with Crippen LogP contribution in [0, 0.1) is 13.8 Å². The van der Waals surface area contributed by atoms with Crippen molar-refractivity contribution in [1.29, 1.82) is 0 Å². The third-order valence-electron chi connectivity index (χ3n) is 5.34. The summed E-state index contributed by atoms with van der Waals surface area (Å²) >= 11 is 1.36. The number of hydrogen-bond donors (Lipinski definition) is 0. The molecule has 158 valence electrons. The van der Waals surface area contributed by atoms with Crippen molar-refractivity contribution in [2.24, 2.45) is 0 Å². The lowest BCUT2D eigenvalue weighted by molar-refractivity contribution is -0.139. The standard InChI is InChI=1S/C25H25N3O2S/c1-16-12-13-22(17(2)14-16)28-23(26-27-25(28)31-18(3)24(29)30-4)15-20-10-7-9-19-8-5-6-11-21(19)20/h5-14,18H,15H2,1-4H3/t18-/m0/s1. The zero-order valence-electron chi connectivity index (χ0n) is 18.1. The van der Waals surface area contributed by atoms with Crippen LogP contribution in [-0.4, -0.2) is 33.1 Å². The number of carbonyl (C=O) groups is 1. The molecule has 1 atom stereocenters. The van der Waals surface area contributed by atoms with Crippen LogP contribution >= 0.6 is 11.8 Å². The molecule has 0 spiro atoms. The summed E-state index contributed by atoms with van der Waals surface area (Å²) in [5.41, 5.74) is 4.54. The third-order valence-corrected chi connectivity index (χ3v) is 6.36. The maximum Gasteiger partial charge on any atom is 0.318 e. The van der Waals surface area contributed by atoms with E-state index in [1.165, 1.54) is 40.8 Å². The number of thioether (sulfide) groups is 1. The molecule has 0 radical (unpaired) electrons. The van der Waals surface area contributed by atoms with Crippen LogP contribution in [0.2, 0.25) is 0 Å². The lowest BCUT2D eigenvalue weighted by atomic mass is 10.0. The molecule has 0 saturated heterocycles. The maximum atomic E-state index is 12.0. The average Bonchev–Trinajstić information content (AvgIpc) is 3.15. The van der Waals surface area contributed by atoms with Crippen LogP contribution in [0.5, 0.6) is 0 Å². The number of benzene rings is 3. The van der Waals surface area contributed by atoms with E-state index in [9.17, 15) is 4.79 Å². The Bertz CT molecular complexity index is 1240. The van der Waals surface area contributed by atoms with Crippen molar-refractivity contribution in [3.05, 3.63) is 83.2 Å². The van der Waals surface area contributed by atoms with Gasteiger partial charge in [0.05, 0.1) is 12.8 Å². The number of ether oxygens (including phenoxy) is 1. The Morgan fingerprint density at radius 2 is 1.84 bits per heavy atom. The van der Waals surface area contributed by atoms with Crippen LogP contribution in [0.4, 0.5) is 0 Å². The highest BCUT2D eigenvalue weighted by Crippen LogP contribution is 2.30. The van der Waals surface area contributed by atoms with Crippen molar-refractivity contribution < 1.29 is 9.53 Å². The first-order valence-corrected chi connectivity index (χ1v) is 11.1. The van der Waals surface area contributed by atoms with Crippen molar-refractivity contribution in [1.82, 2.24) is 14.8 Å². The minimum atomic E-state index is -0.385. The van der Waals surface area contributed by atoms with Gasteiger partial charge in [0.1, 0.15) is 11.1 Å². The molecule has 0 N–H and O–H groups in total. The lowest BCUT2D eigenvalue weighted by Crippen LogP contribution is -2.16. The first-order chi connectivity index (χ1) is 15.0. The molecule has 1 aromatic heterocycles. The van der Waals surface area contributed by atoms with Gasteiger partial charge in [-0.1, -0.05) is 71.9 Å². The smallest absolute Gasteiger partial charge is 0.318 e. The van der Waals surface area contributed by atoms with Crippen LogP contribution in [0.25, 0.3) is 16.5 Å². The van der Waals surface area contributed by atoms with E-state index in [1.807, 2.05) is 13.0 Å². The Morgan fingerprint density at radius 3 is 2.61 bits per heavy atom. The number of aryl methyl sites for hydroxylation is 2. The molecular formula is C25H25N3O2S. The first kappa shape index (κ1) is 21.1. The van der Waals surface area contributed by atoms with Gasteiger partial charge in [-0.2, -0.15) is 0 Å². The SMILES string of the molecule is COC(=O)[C@H](C)Sc1nnc(Cc2cccc3ccccc23)n1-c1ccc(C)cc1C. The van der Waals surface area contributed by atoms with Gasteiger partial charge in [0, 0.05) is 6.42 Å². The largest absolute Gasteiger partial charge is 0.468 e. The molecule has 0 aliphatic carbocycles. The second kappa shape index (κ2) is 8.94. The van der Waals surface area contributed by atoms with Gasteiger partial charge < -0.3 is 4.74 Å². The summed E-state index contributed by atoms with van der Waals surface area (Å²) < 4.78 is 6.97. The number of methoxy groups -OCH3 is 1. The van der Waals surface area contributed by atoms with Gasteiger partial charge in [-0.25, -0.2) is 0 Å². The zero-order valence-corrected chi connectivity index (χ0v) is 18.9. The summed E-state index contributed by atoms with van der Waals surface area (Å²) in [6.45, 7) is 5.99. The van der Waals surface area contributed by atoms with E-state index in [0.29, 0.717) is 11.6 Å². The number of esters is 1. The molecular weight excluding hydrogens is 406 g/mol. The van der Waals surface area contributed by atoms with Gasteiger partial charge in [-0.05, 0) is 48.7 Å². The Labute approximate surface area is 186 Å². The predicted molar refractivity (Wildman–Crippen MR) is 125 cm³/mol. The van der Waals surface area contributed by atoms with Crippen molar-refractivity contribution in [2.75, 3.05) is 7.11 Å². The maximum absolute atomic E-state index is 12.0. The van der Waals surface area contributed by atoms with Crippen molar-refractivity contribution in [3.8, 4) is 5.69 Å². The van der Waals surface area contributed by atoms with E-state index in [-0.39, 0.29) is 11.2 Å².